The largest absolute Gasteiger partial charge is 0.480 e. The first kappa shape index (κ1) is 96.0. The molecule has 0 aliphatic carbocycles. The Balaban J connectivity index is -0.000000141. The van der Waals surface area contributed by atoms with Crippen LogP contribution in [0.5, 0.6) is 0 Å². The van der Waals surface area contributed by atoms with Gasteiger partial charge in [-0.25, -0.2) is 33.6 Å². The molecule has 32 heteroatoms. The van der Waals surface area contributed by atoms with Gasteiger partial charge in [0, 0.05) is 63.7 Å². The van der Waals surface area contributed by atoms with E-state index in [1.165, 1.54) is 38.2 Å². The van der Waals surface area contributed by atoms with E-state index in [1.807, 2.05) is 59.8 Å². The van der Waals surface area contributed by atoms with E-state index < -0.39 is 89.7 Å². The highest BCUT2D eigenvalue weighted by Gasteiger charge is 2.35. The molecule has 87 heavy (non-hydrogen) atoms. The van der Waals surface area contributed by atoms with E-state index in [2.05, 4.69) is 47.5 Å². The topological polar surface area (TPSA) is 515 Å². The first-order chi connectivity index (χ1) is 40.4. The van der Waals surface area contributed by atoms with Crippen molar-refractivity contribution in [2.45, 2.75) is 165 Å². The SMILES string of the molecule is CC.CC(C)[C@@H](C(=O)O)N1CCCNC1=O.CC(C)[C@H](N)C(=O)O.CC(C)[C@H](NCCC#N)C(=O)O.CC(C)[C@H](NCCC#N)C(=O)O.CN.COC(=O)Cl.COC(=O)N(CCC#N)[C@H](C(=O)O)C(C)C.COC(=O)N(CCCN)[C@H](C(=O)O)C(C)C. The van der Waals surface area contributed by atoms with Gasteiger partial charge in [-0.05, 0) is 61.9 Å². The zero-order chi connectivity index (χ0) is 70.3. The van der Waals surface area contributed by atoms with Gasteiger partial charge in [0.05, 0.1) is 46.0 Å². The predicted octanol–water partition coefficient (Wildman–Crippen LogP) is 4.95. The number of carbonyl (C=O) groups is 10. The normalized spacial score (nSPS) is 12.8. The van der Waals surface area contributed by atoms with Crippen LogP contribution in [0, 0.1) is 69.5 Å². The van der Waals surface area contributed by atoms with Crippen LogP contribution >= 0.6 is 11.6 Å². The number of carboxylic acids is 6. The number of carboxylic acid groups (broad SMARTS) is 6. The molecule has 6 atom stereocenters. The molecule has 0 bridgehead atoms. The number of aliphatic carboxylic acids is 6. The zero-order valence-corrected chi connectivity index (χ0v) is 55.0. The van der Waals surface area contributed by atoms with Crippen molar-refractivity contribution >= 4 is 71.1 Å². The van der Waals surface area contributed by atoms with Crippen LogP contribution < -0.4 is 33.2 Å². The highest BCUT2D eigenvalue weighted by atomic mass is 35.5. The number of halogens is 1. The molecule has 0 aromatic rings. The molecule has 15 N–H and O–H groups in total. The maximum Gasteiger partial charge on any atom is 0.410 e. The lowest BCUT2D eigenvalue weighted by Gasteiger charge is -2.34. The lowest BCUT2D eigenvalue weighted by Crippen LogP contribution is -2.55. The summed E-state index contributed by atoms with van der Waals surface area (Å²) in [5.41, 5.74) is 14.2. The second kappa shape index (κ2) is 60.4. The van der Waals surface area contributed by atoms with Gasteiger partial charge in [0.2, 0.25) is 0 Å². The molecular weight excluding hydrogens is 1170 g/mol. The van der Waals surface area contributed by atoms with E-state index in [0.717, 1.165) is 11.3 Å². The van der Waals surface area contributed by atoms with Crippen molar-refractivity contribution in [3.05, 3.63) is 0 Å². The lowest BCUT2D eigenvalue weighted by molar-refractivity contribution is -0.145. The zero-order valence-electron chi connectivity index (χ0n) is 54.2. The Bertz CT molecular complexity index is 2010. The van der Waals surface area contributed by atoms with Gasteiger partial charge in [0.1, 0.15) is 36.3 Å². The van der Waals surface area contributed by atoms with Gasteiger partial charge < -0.3 is 82.9 Å². The summed E-state index contributed by atoms with van der Waals surface area (Å²) < 4.78 is 13.0. The summed E-state index contributed by atoms with van der Waals surface area (Å²) in [5, 5.41) is 85.8. The van der Waals surface area contributed by atoms with Crippen molar-refractivity contribution in [3.63, 3.8) is 0 Å². The van der Waals surface area contributed by atoms with Gasteiger partial charge in [0.25, 0.3) is 0 Å². The predicted molar refractivity (Wildman–Crippen MR) is 325 cm³/mol. The number of nitrogens with zero attached hydrogens (tertiary/aromatic N) is 6. The van der Waals surface area contributed by atoms with E-state index in [1.54, 1.807) is 55.4 Å². The van der Waals surface area contributed by atoms with E-state index in [-0.39, 0.29) is 54.5 Å². The molecule has 1 rings (SSSR count). The third-order valence-electron chi connectivity index (χ3n) is 10.9. The number of urea groups is 1. The van der Waals surface area contributed by atoms with Crippen LogP contribution in [0.15, 0.2) is 0 Å². The summed E-state index contributed by atoms with van der Waals surface area (Å²) in [6.45, 7) is 28.2. The van der Waals surface area contributed by atoms with E-state index in [0.29, 0.717) is 58.5 Å². The number of methoxy groups -OCH3 is 3. The number of rotatable bonds is 26. The molecule has 0 saturated carbocycles. The maximum absolute atomic E-state index is 11.5. The Labute approximate surface area is 519 Å². The van der Waals surface area contributed by atoms with Gasteiger partial charge in [-0.2, -0.15) is 15.8 Å². The first-order valence-electron chi connectivity index (χ1n) is 27.9. The molecule has 1 fully saturated rings. The van der Waals surface area contributed by atoms with Crippen molar-refractivity contribution in [1.82, 2.24) is 30.7 Å². The van der Waals surface area contributed by atoms with Crippen molar-refractivity contribution in [2.24, 2.45) is 52.7 Å². The van der Waals surface area contributed by atoms with Crippen LogP contribution in [0.3, 0.4) is 0 Å². The summed E-state index contributed by atoms with van der Waals surface area (Å²) >= 11 is 4.60. The fourth-order valence-electron chi connectivity index (χ4n) is 6.67. The second-order valence-corrected chi connectivity index (χ2v) is 19.9. The second-order valence-electron chi connectivity index (χ2n) is 19.6. The summed E-state index contributed by atoms with van der Waals surface area (Å²) in [6, 6.07) is 1.13. The molecule has 0 unspecified atom stereocenters. The van der Waals surface area contributed by atoms with Gasteiger partial charge in [-0.3, -0.25) is 24.2 Å². The molecule has 1 aliphatic heterocycles. The molecule has 31 nitrogen and oxygen atoms in total. The van der Waals surface area contributed by atoms with Crippen molar-refractivity contribution < 1.29 is 92.8 Å². The third kappa shape index (κ3) is 50.5. The Morgan fingerprint density at radius 1 is 0.586 bits per heavy atom. The Kier molecular flexibility index (Phi) is 66.6. The van der Waals surface area contributed by atoms with Gasteiger partial charge in [0.15, 0.2) is 0 Å². The van der Waals surface area contributed by atoms with E-state index in [4.69, 9.17) is 57.9 Å². The smallest absolute Gasteiger partial charge is 0.410 e. The Morgan fingerprint density at radius 2 is 0.943 bits per heavy atom. The van der Waals surface area contributed by atoms with Crippen LogP contribution in [0.25, 0.3) is 0 Å². The van der Waals surface area contributed by atoms with Crippen LogP contribution in [0.1, 0.15) is 129 Å². The van der Waals surface area contributed by atoms with Crippen LogP contribution in [0.4, 0.5) is 19.2 Å². The fraction of sp³-hybridized carbons (Fsp3) is 0.764. The van der Waals surface area contributed by atoms with Crippen molar-refractivity contribution in [1.29, 1.82) is 15.8 Å². The molecule has 1 aliphatic rings. The number of carbonyl (C=O) groups excluding carboxylic acids is 4. The standard InChI is InChI=1S/C10H20N2O4.C10H16N2O4.C9H16N2O3.2C8H14N2O2.C5H11NO2.C2H3ClO2.C2H6.CH5N/c2*1-7(2)8(9(13)14)12(6-4-5-11)10(15)16-3;1-6(2)7(8(12)13)11-5-3-4-10-9(11)14;2*1-6(2)7(8(11)12)10-5-3-4-9;1-3(2)4(6)5(7)8;1-5-2(3)4;2*1-2/h7-8H,4-6,11H2,1-3H3,(H,13,14);7-8H,4,6H2,1-3H3,(H,13,14);6-7H,3-5H2,1-2H3,(H,10,14)(H,12,13);2*6-7,10H,3,5H2,1-2H3,(H,11,12);3-4H,6H2,1-2H3,(H,7,8);1H3;1-2H3;2H2,1H3/t2*8-;3*7-;4-;;;/m000000.../s1. The highest BCUT2D eigenvalue weighted by molar-refractivity contribution is 6.61. The number of nitrogens with two attached hydrogens (primary N) is 3. The number of ether oxygens (including phenoxy) is 3. The summed E-state index contributed by atoms with van der Waals surface area (Å²) in [7, 11) is 5.13. The Hall–Kier alpha value is -7.34. The summed E-state index contributed by atoms with van der Waals surface area (Å²) in [4.78, 5) is 112. The molecule has 1 saturated heterocycles. The van der Waals surface area contributed by atoms with Gasteiger partial charge >= 0.3 is 59.5 Å². The average Bonchev–Trinajstić information content (AvgIpc) is 3.65. The van der Waals surface area contributed by atoms with Gasteiger partial charge in [-0.1, -0.05) is 96.9 Å². The molecule has 506 valence electrons. The van der Waals surface area contributed by atoms with E-state index in [9.17, 15) is 47.9 Å². The molecule has 0 aromatic heterocycles. The van der Waals surface area contributed by atoms with Gasteiger partial charge in [-0.15, -0.1) is 0 Å². The number of amides is 4. The number of nitriles is 3. The van der Waals surface area contributed by atoms with Crippen LogP contribution in [0.2, 0.25) is 0 Å². The maximum atomic E-state index is 11.5. The van der Waals surface area contributed by atoms with Crippen LogP contribution in [-0.4, -0.2) is 215 Å². The Morgan fingerprint density at radius 3 is 1.15 bits per heavy atom. The quantitative estimate of drug-likeness (QED) is 0.0310. The average molecular weight is 1270 g/mol. The molecule has 4 amide bonds. The third-order valence-corrected chi connectivity index (χ3v) is 11.0. The molecule has 1 heterocycles. The molecule has 0 aromatic carbocycles. The monoisotopic (exact) mass is 1270 g/mol. The van der Waals surface area contributed by atoms with Crippen molar-refractivity contribution in [3.8, 4) is 18.2 Å². The number of hydrogen-bond donors (Lipinski definition) is 12. The minimum Gasteiger partial charge on any atom is -0.480 e. The fourth-order valence-corrected chi connectivity index (χ4v) is 6.67. The number of hydrogen-bond acceptors (Lipinski definition) is 21. The van der Waals surface area contributed by atoms with Crippen LogP contribution in [-0.2, 0) is 43.0 Å². The summed E-state index contributed by atoms with van der Waals surface area (Å²) in [6.07, 6.45) is 0.762. The first-order valence-corrected chi connectivity index (χ1v) is 28.3. The van der Waals surface area contributed by atoms with Crippen molar-refractivity contribution in [2.75, 3.05) is 74.2 Å². The molecular formula is C55H105ClN12O19. The highest BCUT2D eigenvalue weighted by Crippen LogP contribution is 2.16. The number of nitrogens with one attached hydrogen (secondary N) is 3. The van der Waals surface area contributed by atoms with E-state index >= 15 is 0 Å². The minimum absolute atomic E-state index is 0.0208. The lowest BCUT2D eigenvalue weighted by atomic mass is 10.0. The minimum atomic E-state index is -1.10. The molecule has 0 spiro atoms. The summed E-state index contributed by atoms with van der Waals surface area (Å²) in [5.74, 6) is -6.12. The molecule has 0 radical (unpaired) electrons.